The van der Waals surface area contributed by atoms with Crippen LogP contribution in [0.15, 0.2) is 84.9 Å². The second-order valence-corrected chi connectivity index (χ2v) is 6.93. The van der Waals surface area contributed by atoms with Crippen LogP contribution in [0.4, 0.5) is 5.69 Å². The summed E-state index contributed by atoms with van der Waals surface area (Å²) < 4.78 is 1.67. The maximum absolute atomic E-state index is 13.0. The van der Waals surface area contributed by atoms with Crippen LogP contribution in [0, 0.1) is 6.92 Å². The molecule has 0 aliphatic rings. The number of rotatable bonds is 4. The van der Waals surface area contributed by atoms with E-state index in [9.17, 15) is 4.79 Å². The predicted octanol–water partition coefficient (Wildman–Crippen LogP) is 5.75. The molecule has 0 aliphatic carbocycles. The van der Waals surface area contributed by atoms with Gasteiger partial charge in [0.2, 0.25) is 0 Å². The van der Waals surface area contributed by atoms with Crippen LogP contribution >= 0.6 is 11.6 Å². The van der Waals surface area contributed by atoms with Gasteiger partial charge in [0, 0.05) is 16.3 Å². The number of carbonyl (C=O) groups is 1. The Balaban J connectivity index is 1.74. The molecule has 0 spiro atoms. The molecule has 0 atom stereocenters. The molecule has 1 aromatic heterocycles. The van der Waals surface area contributed by atoms with Crippen molar-refractivity contribution >= 4 is 23.2 Å². The minimum atomic E-state index is -0.239. The molecule has 4 nitrogen and oxygen atoms in total. The number of hydrogen-bond acceptors (Lipinski definition) is 2. The van der Waals surface area contributed by atoms with Gasteiger partial charge in [0.1, 0.15) is 5.69 Å². The van der Waals surface area contributed by atoms with Crippen LogP contribution in [0.2, 0.25) is 5.02 Å². The van der Waals surface area contributed by atoms with Gasteiger partial charge in [0.05, 0.1) is 11.4 Å². The zero-order valence-corrected chi connectivity index (χ0v) is 16.0. The maximum Gasteiger partial charge on any atom is 0.274 e. The molecule has 138 valence electrons. The molecule has 0 saturated carbocycles. The summed E-state index contributed by atoms with van der Waals surface area (Å²) in [5.41, 5.74) is 4.82. The molecule has 1 heterocycles. The van der Waals surface area contributed by atoms with Crippen LogP contribution in [0.5, 0.6) is 0 Å². The summed E-state index contributed by atoms with van der Waals surface area (Å²) in [6, 6.07) is 26.5. The average molecular weight is 388 g/mol. The lowest BCUT2D eigenvalue weighted by atomic mass is 10.1. The van der Waals surface area contributed by atoms with Gasteiger partial charge >= 0.3 is 0 Å². The molecule has 0 fully saturated rings. The van der Waals surface area contributed by atoms with Crippen LogP contribution < -0.4 is 5.32 Å². The van der Waals surface area contributed by atoms with Crippen molar-refractivity contribution in [3.05, 3.63) is 101 Å². The smallest absolute Gasteiger partial charge is 0.274 e. The van der Waals surface area contributed by atoms with E-state index in [1.165, 1.54) is 5.56 Å². The molecule has 3 aromatic carbocycles. The molecule has 1 amide bonds. The SMILES string of the molecule is Cc1ccc(-c2cc(C(=O)Nc3ccc(Cl)cc3)n(-c3ccccc3)n2)cc1. The Hall–Kier alpha value is -3.37. The number of hydrogen-bond donors (Lipinski definition) is 1. The molecular weight excluding hydrogens is 370 g/mol. The van der Waals surface area contributed by atoms with E-state index in [1.807, 2.05) is 67.6 Å². The Bertz CT molecular complexity index is 1100. The molecule has 0 bridgehead atoms. The summed E-state index contributed by atoms with van der Waals surface area (Å²) in [5, 5.41) is 8.22. The van der Waals surface area contributed by atoms with Gasteiger partial charge in [-0.2, -0.15) is 5.10 Å². The molecule has 4 rings (SSSR count). The molecule has 0 unspecified atom stereocenters. The van der Waals surface area contributed by atoms with E-state index >= 15 is 0 Å². The highest BCUT2D eigenvalue weighted by molar-refractivity contribution is 6.30. The fraction of sp³-hybridized carbons (Fsp3) is 0.0435. The van der Waals surface area contributed by atoms with Gasteiger partial charge in [-0.1, -0.05) is 59.6 Å². The Morgan fingerprint density at radius 3 is 2.29 bits per heavy atom. The third kappa shape index (κ3) is 3.82. The molecule has 28 heavy (non-hydrogen) atoms. The van der Waals surface area contributed by atoms with Gasteiger partial charge < -0.3 is 5.32 Å². The topological polar surface area (TPSA) is 46.9 Å². The lowest BCUT2D eigenvalue weighted by molar-refractivity contribution is 0.101. The van der Waals surface area contributed by atoms with Crippen molar-refractivity contribution in [2.75, 3.05) is 5.32 Å². The van der Waals surface area contributed by atoms with Crippen LogP contribution in [-0.2, 0) is 0 Å². The minimum absolute atomic E-state index is 0.239. The number of aromatic nitrogens is 2. The van der Waals surface area contributed by atoms with Crippen molar-refractivity contribution in [1.29, 1.82) is 0 Å². The number of carbonyl (C=O) groups excluding carboxylic acids is 1. The van der Waals surface area contributed by atoms with E-state index in [0.717, 1.165) is 16.9 Å². The van der Waals surface area contributed by atoms with Crippen LogP contribution in [0.3, 0.4) is 0 Å². The molecule has 4 aromatic rings. The first-order chi connectivity index (χ1) is 13.6. The molecule has 1 N–H and O–H groups in total. The normalized spacial score (nSPS) is 10.6. The van der Waals surface area contributed by atoms with Gasteiger partial charge in [0.25, 0.3) is 5.91 Å². The van der Waals surface area contributed by atoms with Crippen LogP contribution in [-0.4, -0.2) is 15.7 Å². The summed E-state index contributed by atoms with van der Waals surface area (Å²) in [4.78, 5) is 13.0. The molecule has 0 aliphatic heterocycles. The molecule has 0 saturated heterocycles. The zero-order valence-electron chi connectivity index (χ0n) is 15.3. The van der Waals surface area contributed by atoms with E-state index in [2.05, 4.69) is 5.32 Å². The Morgan fingerprint density at radius 2 is 1.61 bits per heavy atom. The summed E-state index contributed by atoms with van der Waals surface area (Å²) in [5.74, 6) is -0.239. The van der Waals surface area contributed by atoms with Crippen molar-refractivity contribution in [1.82, 2.24) is 9.78 Å². The first-order valence-corrected chi connectivity index (χ1v) is 9.27. The highest BCUT2D eigenvalue weighted by atomic mass is 35.5. The first-order valence-electron chi connectivity index (χ1n) is 8.89. The van der Waals surface area contributed by atoms with Crippen molar-refractivity contribution < 1.29 is 4.79 Å². The van der Waals surface area contributed by atoms with Gasteiger partial charge in [-0.15, -0.1) is 0 Å². The molecule has 0 radical (unpaired) electrons. The highest BCUT2D eigenvalue weighted by Gasteiger charge is 2.18. The van der Waals surface area contributed by atoms with E-state index in [0.29, 0.717) is 16.4 Å². The quantitative estimate of drug-likeness (QED) is 0.484. The fourth-order valence-electron chi connectivity index (χ4n) is 2.90. The van der Waals surface area contributed by atoms with Crippen LogP contribution in [0.25, 0.3) is 16.9 Å². The number of amides is 1. The average Bonchev–Trinajstić information content (AvgIpc) is 3.16. The summed E-state index contributed by atoms with van der Waals surface area (Å²) >= 11 is 5.93. The minimum Gasteiger partial charge on any atom is -0.321 e. The van der Waals surface area contributed by atoms with Crippen molar-refractivity contribution in [2.24, 2.45) is 0 Å². The lowest BCUT2D eigenvalue weighted by Gasteiger charge is -2.08. The second-order valence-electron chi connectivity index (χ2n) is 6.49. The van der Waals surface area contributed by atoms with E-state index in [1.54, 1.807) is 28.9 Å². The number of para-hydroxylation sites is 1. The van der Waals surface area contributed by atoms with E-state index < -0.39 is 0 Å². The van der Waals surface area contributed by atoms with Crippen molar-refractivity contribution in [2.45, 2.75) is 6.92 Å². The molecular formula is C23H18ClN3O. The summed E-state index contributed by atoms with van der Waals surface area (Å²) in [6.45, 7) is 2.04. The van der Waals surface area contributed by atoms with Crippen molar-refractivity contribution in [3.63, 3.8) is 0 Å². The number of halogens is 1. The second kappa shape index (κ2) is 7.71. The Morgan fingerprint density at radius 1 is 0.929 bits per heavy atom. The largest absolute Gasteiger partial charge is 0.321 e. The zero-order chi connectivity index (χ0) is 19.5. The third-order valence-corrected chi connectivity index (χ3v) is 4.64. The van der Waals surface area contributed by atoms with Gasteiger partial charge in [-0.3, -0.25) is 4.79 Å². The number of benzene rings is 3. The fourth-order valence-corrected chi connectivity index (χ4v) is 3.03. The third-order valence-electron chi connectivity index (χ3n) is 4.39. The number of anilines is 1. The van der Waals surface area contributed by atoms with Gasteiger partial charge in [-0.05, 0) is 49.4 Å². The summed E-state index contributed by atoms with van der Waals surface area (Å²) in [6.07, 6.45) is 0. The predicted molar refractivity (Wildman–Crippen MR) is 113 cm³/mol. The Labute approximate surface area is 168 Å². The monoisotopic (exact) mass is 387 g/mol. The van der Waals surface area contributed by atoms with E-state index in [-0.39, 0.29) is 5.91 Å². The number of aryl methyl sites for hydroxylation is 1. The lowest BCUT2D eigenvalue weighted by Crippen LogP contribution is -2.16. The van der Waals surface area contributed by atoms with Gasteiger partial charge in [0.15, 0.2) is 0 Å². The summed E-state index contributed by atoms with van der Waals surface area (Å²) in [7, 11) is 0. The Kier molecular flexibility index (Phi) is 4.96. The maximum atomic E-state index is 13.0. The standard InChI is InChI=1S/C23H18ClN3O/c1-16-7-9-17(10-8-16)21-15-22(27(26-21)20-5-3-2-4-6-20)23(28)25-19-13-11-18(24)12-14-19/h2-15H,1H3,(H,25,28). The number of nitrogens with zero attached hydrogens (tertiary/aromatic N) is 2. The molecule has 5 heteroatoms. The first kappa shape index (κ1) is 18.0. The van der Waals surface area contributed by atoms with Crippen LogP contribution in [0.1, 0.15) is 16.1 Å². The van der Waals surface area contributed by atoms with Gasteiger partial charge in [-0.25, -0.2) is 4.68 Å². The van der Waals surface area contributed by atoms with Crippen molar-refractivity contribution in [3.8, 4) is 16.9 Å². The highest BCUT2D eigenvalue weighted by Crippen LogP contribution is 2.23. The number of nitrogens with one attached hydrogen (secondary N) is 1. The van der Waals surface area contributed by atoms with E-state index in [4.69, 9.17) is 16.7 Å².